The van der Waals surface area contributed by atoms with Gasteiger partial charge in [0.2, 0.25) is 5.95 Å². The standard InChI is InChI=1S/C16H17N5O/c1-3-11(2)19-16-18-8-7-14(21-16)15(22)20-13-6-4-5-12(9-13)10-17/h4-9,11H,3H2,1-2H3,(H,20,22)(H,18,19,21). The zero-order valence-electron chi connectivity index (χ0n) is 12.5. The Morgan fingerprint density at radius 3 is 2.95 bits per heavy atom. The Bertz CT molecular complexity index is 708. The van der Waals surface area contributed by atoms with Crippen LogP contribution in [0.15, 0.2) is 36.5 Å². The molecule has 2 N–H and O–H groups in total. The number of hydrogen-bond acceptors (Lipinski definition) is 5. The molecule has 0 radical (unpaired) electrons. The SMILES string of the molecule is CCC(C)Nc1nccc(C(=O)Nc2cccc(C#N)c2)n1. The average molecular weight is 295 g/mol. The van der Waals surface area contributed by atoms with Gasteiger partial charge in [0.1, 0.15) is 5.69 Å². The minimum Gasteiger partial charge on any atom is -0.352 e. The molecule has 0 fully saturated rings. The third kappa shape index (κ3) is 4.03. The van der Waals surface area contributed by atoms with Gasteiger partial charge in [0.25, 0.3) is 5.91 Å². The van der Waals surface area contributed by atoms with Gasteiger partial charge in [-0.3, -0.25) is 4.79 Å². The van der Waals surface area contributed by atoms with Crippen molar-refractivity contribution in [2.24, 2.45) is 0 Å². The molecule has 1 aromatic carbocycles. The van der Waals surface area contributed by atoms with Gasteiger partial charge in [-0.05, 0) is 37.6 Å². The second kappa shape index (κ2) is 7.18. The molecule has 1 aromatic heterocycles. The minimum atomic E-state index is -0.343. The third-order valence-electron chi connectivity index (χ3n) is 3.13. The molecule has 1 unspecified atom stereocenters. The van der Waals surface area contributed by atoms with Crippen molar-refractivity contribution < 1.29 is 4.79 Å². The summed E-state index contributed by atoms with van der Waals surface area (Å²) < 4.78 is 0. The van der Waals surface area contributed by atoms with Gasteiger partial charge in [0, 0.05) is 17.9 Å². The number of nitriles is 1. The number of amides is 1. The first-order chi connectivity index (χ1) is 10.6. The summed E-state index contributed by atoms with van der Waals surface area (Å²) in [5, 5.41) is 14.7. The van der Waals surface area contributed by atoms with Crippen LogP contribution in [0.4, 0.5) is 11.6 Å². The van der Waals surface area contributed by atoms with Crippen molar-refractivity contribution in [1.29, 1.82) is 5.26 Å². The van der Waals surface area contributed by atoms with Gasteiger partial charge in [-0.1, -0.05) is 13.0 Å². The van der Waals surface area contributed by atoms with Crippen LogP contribution >= 0.6 is 0 Å². The smallest absolute Gasteiger partial charge is 0.274 e. The molecule has 6 nitrogen and oxygen atoms in total. The van der Waals surface area contributed by atoms with Gasteiger partial charge in [-0.25, -0.2) is 9.97 Å². The van der Waals surface area contributed by atoms with E-state index in [0.717, 1.165) is 6.42 Å². The molecule has 2 rings (SSSR count). The Morgan fingerprint density at radius 2 is 2.23 bits per heavy atom. The van der Waals surface area contributed by atoms with E-state index in [0.29, 0.717) is 17.2 Å². The summed E-state index contributed by atoms with van der Waals surface area (Å²) in [6.07, 6.45) is 2.47. The zero-order chi connectivity index (χ0) is 15.9. The fraction of sp³-hybridized carbons (Fsp3) is 0.250. The Hall–Kier alpha value is -2.94. The maximum absolute atomic E-state index is 12.2. The van der Waals surface area contributed by atoms with Crippen LogP contribution in [0, 0.1) is 11.3 Å². The van der Waals surface area contributed by atoms with Crippen molar-refractivity contribution >= 4 is 17.5 Å². The molecule has 112 valence electrons. The molecule has 0 saturated carbocycles. The van der Waals surface area contributed by atoms with Crippen molar-refractivity contribution in [3.05, 3.63) is 47.8 Å². The van der Waals surface area contributed by atoms with Crippen molar-refractivity contribution in [3.63, 3.8) is 0 Å². The van der Waals surface area contributed by atoms with E-state index in [1.807, 2.05) is 13.0 Å². The van der Waals surface area contributed by atoms with Crippen molar-refractivity contribution in [3.8, 4) is 6.07 Å². The predicted octanol–water partition coefficient (Wildman–Crippen LogP) is 2.81. The summed E-state index contributed by atoms with van der Waals surface area (Å²) in [7, 11) is 0. The zero-order valence-corrected chi connectivity index (χ0v) is 12.5. The van der Waals surface area contributed by atoms with Gasteiger partial charge >= 0.3 is 0 Å². The largest absolute Gasteiger partial charge is 0.352 e. The highest BCUT2D eigenvalue weighted by atomic mass is 16.1. The molecule has 0 aliphatic carbocycles. The third-order valence-corrected chi connectivity index (χ3v) is 3.13. The topological polar surface area (TPSA) is 90.7 Å². The number of nitrogens with zero attached hydrogens (tertiary/aromatic N) is 3. The van der Waals surface area contributed by atoms with E-state index in [2.05, 4.69) is 27.5 Å². The summed E-state index contributed by atoms with van der Waals surface area (Å²) in [5.41, 5.74) is 1.31. The van der Waals surface area contributed by atoms with Gasteiger partial charge in [0.15, 0.2) is 0 Å². The molecule has 0 saturated heterocycles. The Morgan fingerprint density at radius 1 is 1.41 bits per heavy atom. The van der Waals surface area contributed by atoms with Gasteiger partial charge in [-0.2, -0.15) is 5.26 Å². The van der Waals surface area contributed by atoms with E-state index in [9.17, 15) is 4.79 Å². The van der Waals surface area contributed by atoms with Crippen molar-refractivity contribution in [1.82, 2.24) is 9.97 Å². The Kier molecular flexibility index (Phi) is 5.04. The highest BCUT2D eigenvalue weighted by Crippen LogP contribution is 2.12. The van der Waals surface area contributed by atoms with Gasteiger partial charge < -0.3 is 10.6 Å². The minimum absolute atomic E-state index is 0.227. The van der Waals surface area contributed by atoms with Crippen molar-refractivity contribution in [2.45, 2.75) is 26.3 Å². The Balaban J connectivity index is 2.12. The van der Waals surface area contributed by atoms with Crippen LogP contribution in [0.2, 0.25) is 0 Å². The summed E-state index contributed by atoms with van der Waals surface area (Å²) in [6, 6.07) is 10.5. The number of benzene rings is 1. The number of rotatable bonds is 5. The number of carbonyl (C=O) groups is 1. The van der Waals surface area contributed by atoms with E-state index in [4.69, 9.17) is 5.26 Å². The average Bonchev–Trinajstić information content (AvgIpc) is 2.55. The first-order valence-electron chi connectivity index (χ1n) is 7.03. The number of hydrogen-bond donors (Lipinski definition) is 2. The second-order valence-corrected chi connectivity index (χ2v) is 4.87. The summed E-state index contributed by atoms with van der Waals surface area (Å²) in [6.45, 7) is 4.07. The molecule has 0 aliphatic rings. The molecule has 0 bridgehead atoms. The van der Waals surface area contributed by atoms with Crippen LogP contribution < -0.4 is 10.6 Å². The van der Waals surface area contributed by atoms with Crippen LogP contribution in [0.5, 0.6) is 0 Å². The summed E-state index contributed by atoms with van der Waals surface area (Å²) >= 11 is 0. The number of carbonyl (C=O) groups excluding carboxylic acids is 1. The molecule has 1 amide bonds. The maximum atomic E-state index is 12.2. The number of aromatic nitrogens is 2. The lowest BCUT2D eigenvalue weighted by Gasteiger charge is -2.11. The number of anilines is 2. The Labute approximate surface area is 129 Å². The molecule has 1 heterocycles. The van der Waals surface area contributed by atoms with Crippen molar-refractivity contribution in [2.75, 3.05) is 10.6 Å². The van der Waals surface area contributed by atoms with Crippen LogP contribution in [0.3, 0.4) is 0 Å². The fourth-order valence-electron chi connectivity index (χ4n) is 1.74. The first kappa shape index (κ1) is 15.4. The lowest BCUT2D eigenvalue weighted by molar-refractivity contribution is 0.102. The van der Waals surface area contributed by atoms with Crippen LogP contribution in [-0.4, -0.2) is 21.9 Å². The molecule has 1 atom stereocenters. The van der Waals surface area contributed by atoms with E-state index in [1.165, 1.54) is 0 Å². The second-order valence-electron chi connectivity index (χ2n) is 4.87. The molecular weight excluding hydrogens is 278 g/mol. The molecule has 6 heteroatoms. The van der Waals surface area contributed by atoms with E-state index in [-0.39, 0.29) is 17.6 Å². The molecule has 22 heavy (non-hydrogen) atoms. The van der Waals surface area contributed by atoms with Gasteiger partial charge in [-0.15, -0.1) is 0 Å². The quantitative estimate of drug-likeness (QED) is 0.885. The van der Waals surface area contributed by atoms with E-state index in [1.54, 1.807) is 36.5 Å². The summed E-state index contributed by atoms with van der Waals surface area (Å²) in [5.74, 6) is 0.0810. The van der Waals surface area contributed by atoms with E-state index < -0.39 is 0 Å². The monoisotopic (exact) mass is 295 g/mol. The normalized spacial score (nSPS) is 11.3. The number of nitrogens with one attached hydrogen (secondary N) is 2. The fourth-order valence-corrected chi connectivity index (χ4v) is 1.74. The lowest BCUT2D eigenvalue weighted by Crippen LogP contribution is -2.19. The van der Waals surface area contributed by atoms with E-state index >= 15 is 0 Å². The lowest BCUT2D eigenvalue weighted by atomic mass is 10.2. The maximum Gasteiger partial charge on any atom is 0.274 e. The predicted molar refractivity (Wildman–Crippen MR) is 84.5 cm³/mol. The molecule has 0 spiro atoms. The highest BCUT2D eigenvalue weighted by Gasteiger charge is 2.10. The first-order valence-corrected chi connectivity index (χ1v) is 7.03. The van der Waals surface area contributed by atoms with Gasteiger partial charge in [0.05, 0.1) is 11.6 Å². The van der Waals surface area contributed by atoms with Crippen LogP contribution in [0.25, 0.3) is 0 Å². The molecule has 0 aliphatic heterocycles. The molecule has 2 aromatic rings. The van der Waals surface area contributed by atoms with Crippen LogP contribution in [-0.2, 0) is 0 Å². The summed E-state index contributed by atoms with van der Waals surface area (Å²) in [4.78, 5) is 20.5. The highest BCUT2D eigenvalue weighted by molar-refractivity contribution is 6.03. The van der Waals surface area contributed by atoms with Crippen LogP contribution in [0.1, 0.15) is 36.3 Å². The molecular formula is C16H17N5O.